The van der Waals surface area contributed by atoms with Gasteiger partial charge in [0.1, 0.15) is 12.4 Å². The predicted molar refractivity (Wildman–Crippen MR) is 126 cm³/mol. The molecule has 33 heavy (non-hydrogen) atoms. The third kappa shape index (κ3) is 4.09. The Morgan fingerprint density at radius 2 is 2.00 bits per heavy atom. The van der Waals surface area contributed by atoms with Crippen LogP contribution in [0.3, 0.4) is 0 Å². The minimum atomic E-state index is -3.87. The minimum Gasteiger partial charge on any atom is -0.491 e. The Hall–Kier alpha value is -3.66. The van der Waals surface area contributed by atoms with Crippen molar-refractivity contribution in [3.63, 3.8) is 0 Å². The standard InChI is InChI=1S/C23H23N5O4S/c24-22-21-19(26-33(30,31)27-22)9-5-10-20(21)32-14-15-6-3-4-13-28(15)23(29)17-11-12-25-18-8-2-1-7-16(17)18/h1-2,5,7-12,15,26H,3-4,6,13-14H2,(H2,24,27). The number of amidine groups is 1. The summed E-state index contributed by atoms with van der Waals surface area (Å²) in [5.41, 5.74) is 8.04. The van der Waals surface area contributed by atoms with Crippen molar-refractivity contribution >= 4 is 38.5 Å². The summed E-state index contributed by atoms with van der Waals surface area (Å²) in [6, 6.07) is 14.2. The SMILES string of the molecule is NC1=NS(=O)(=O)Nc2cccc(OCC3CCCCN3C(=O)c3ccnc4ccccc34)c21. The molecule has 0 saturated carbocycles. The smallest absolute Gasteiger partial charge is 0.344 e. The molecule has 1 atom stereocenters. The summed E-state index contributed by atoms with van der Waals surface area (Å²) in [5, 5.41) is 0.823. The number of carbonyl (C=O) groups excluding carboxylic acids is 1. The van der Waals surface area contributed by atoms with Crippen molar-refractivity contribution in [3.05, 3.63) is 65.9 Å². The van der Waals surface area contributed by atoms with Crippen LogP contribution in [0.25, 0.3) is 10.9 Å². The lowest BCUT2D eigenvalue weighted by atomic mass is 10.00. The van der Waals surface area contributed by atoms with Crippen molar-refractivity contribution in [2.75, 3.05) is 17.9 Å². The van der Waals surface area contributed by atoms with E-state index in [2.05, 4.69) is 14.1 Å². The Kier molecular flexibility index (Phi) is 5.37. The fourth-order valence-corrected chi connectivity index (χ4v) is 5.25. The Balaban J connectivity index is 1.40. The van der Waals surface area contributed by atoms with Crippen LogP contribution in [0.5, 0.6) is 5.75 Å². The minimum absolute atomic E-state index is 0.0502. The number of rotatable bonds is 4. The molecule has 2 aliphatic rings. The van der Waals surface area contributed by atoms with Gasteiger partial charge in [0.15, 0.2) is 5.84 Å². The molecule has 2 aliphatic heterocycles. The summed E-state index contributed by atoms with van der Waals surface area (Å²) in [7, 11) is -3.87. The summed E-state index contributed by atoms with van der Waals surface area (Å²) < 4.78 is 35.6. The molecule has 1 amide bonds. The summed E-state index contributed by atoms with van der Waals surface area (Å²) in [5.74, 6) is 0.244. The lowest BCUT2D eigenvalue weighted by Gasteiger charge is -2.36. The lowest BCUT2D eigenvalue weighted by Crippen LogP contribution is -2.46. The maximum absolute atomic E-state index is 13.5. The Morgan fingerprint density at radius 1 is 1.15 bits per heavy atom. The normalized spacial score (nSPS) is 19.3. The van der Waals surface area contributed by atoms with Crippen molar-refractivity contribution in [2.45, 2.75) is 25.3 Å². The van der Waals surface area contributed by atoms with Crippen molar-refractivity contribution in [3.8, 4) is 5.75 Å². The van der Waals surface area contributed by atoms with Gasteiger partial charge in [0.2, 0.25) is 0 Å². The van der Waals surface area contributed by atoms with E-state index in [-0.39, 0.29) is 24.4 Å². The molecule has 0 radical (unpaired) electrons. The van der Waals surface area contributed by atoms with Crippen LogP contribution in [0, 0.1) is 0 Å². The number of fused-ring (bicyclic) bond motifs is 2. The molecule has 3 aromatic rings. The molecule has 1 saturated heterocycles. The second-order valence-corrected chi connectivity index (χ2v) is 9.40. The second-order valence-electron chi connectivity index (χ2n) is 8.07. The maximum atomic E-state index is 13.5. The average molecular weight is 466 g/mol. The van der Waals surface area contributed by atoms with E-state index in [1.807, 2.05) is 29.2 Å². The second kappa shape index (κ2) is 8.36. The molecule has 9 nitrogen and oxygen atoms in total. The van der Waals surface area contributed by atoms with Crippen LogP contribution in [0.4, 0.5) is 5.69 Å². The zero-order chi connectivity index (χ0) is 23.0. The number of hydrogen-bond donors (Lipinski definition) is 2. The number of anilines is 1. The molecule has 3 N–H and O–H groups in total. The van der Waals surface area contributed by atoms with E-state index in [4.69, 9.17) is 10.5 Å². The number of benzene rings is 2. The average Bonchev–Trinajstić information content (AvgIpc) is 2.81. The zero-order valence-electron chi connectivity index (χ0n) is 17.8. The molecule has 0 aliphatic carbocycles. The molecule has 1 aromatic heterocycles. The first kappa shape index (κ1) is 21.2. The first-order valence-electron chi connectivity index (χ1n) is 10.7. The molecule has 0 bridgehead atoms. The summed E-state index contributed by atoms with van der Waals surface area (Å²) in [6.45, 7) is 0.894. The number of ether oxygens (including phenoxy) is 1. The van der Waals surface area contributed by atoms with Crippen LogP contribution in [-0.2, 0) is 10.2 Å². The highest BCUT2D eigenvalue weighted by atomic mass is 32.2. The van der Waals surface area contributed by atoms with Gasteiger partial charge in [-0.15, -0.1) is 4.40 Å². The largest absolute Gasteiger partial charge is 0.491 e. The van der Waals surface area contributed by atoms with E-state index in [1.165, 1.54) is 0 Å². The van der Waals surface area contributed by atoms with E-state index in [1.54, 1.807) is 30.5 Å². The summed E-state index contributed by atoms with van der Waals surface area (Å²) in [6.07, 6.45) is 4.38. The Bertz CT molecular complexity index is 1370. The summed E-state index contributed by atoms with van der Waals surface area (Å²) in [4.78, 5) is 19.7. The van der Waals surface area contributed by atoms with Gasteiger partial charge in [-0.3, -0.25) is 14.5 Å². The molecular weight excluding hydrogens is 442 g/mol. The fraction of sp³-hybridized carbons (Fsp3) is 0.261. The first-order chi connectivity index (χ1) is 15.9. The molecule has 3 heterocycles. The Morgan fingerprint density at radius 3 is 2.88 bits per heavy atom. The number of pyridine rings is 1. The highest BCUT2D eigenvalue weighted by molar-refractivity contribution is 7.91. The number of para-hydroxylation sites is 1. The van der Waals surface area contributed by atoms with Gasteiger partial charge in [-0.05, 0) is 43.5 Å². The highest BCUT2D eigenvalue weighted by Gasteiger charge is 2.30. The third-order valence-corrected chi connectivity index (χ3v) is 6.85. The van der Waals surface area contributed by atoms with Gasteiger partial charge in [-0.25, -0.2) is 0 Å². The van der Waals surface area contributed by atoms with Gasteiger partial charge in [0.25, 0.3) is 5.91 Å². The number of likely N-dealkylation sites (tertiary alicyclic amines) is 1. The number of hydrogen-bond acceptors (Lipinski definition) is 6. The van der Waals surface area contributed by atoms with Crippen LogP contribution >= 0.6 is 0 Å². The number of carbonyl (C=O) groups is 1. The van der Waals surface area contributed by atoms with E-state index >= 15 is 0 Å². The first-order valence-corrected chi connectivity index (χ1v) is 12.2. The molecule has 5 rings (SSSR count). The molecule has 1 unspecified atom stereocenters. The summed E-state index contributed by atoms with van der Waals surface area (Å²) >= 11 is 0. The number of amides is 1. The molecule has 10 heteroatoms. The van der Waals surface area contributed by atoms with Crippen LogP contribution in [0.15, 0.2) is 59.1 Å². The van der Waals surface area contributed by atoms with E-state index in [0.717, 1.165) is 30.2 Å². The van der Waals surface area contributed by atoms with Gasteiger partial charge in [-0.1, -0.05) is 24.3 Å². The molecule has 1 fully saturated rings. The molecule has 170 valence electrons. The number of nitrogens with zero attached hydrogens (tertiary/aromatic N) is 3. The topological polar surface area (TPSA) is 127 Å². The maximum Gasteiger partial charge on any atom is 0.344 e. The van der Waals surface area contributed by atoms with Crippen molar-refractivity contribution in [1.29, 1.82) is 0 Å². The van der Waals surface area contributed by atoms with Gasteiger partial charge in [0, 0.05) is 18.1 Å². The monoisotopic (exact) mass is 465 g/mol. The third-order valence-electron chi connectivity index (χ3n) is 5.94. The number of nitrogens with two attached hydrogens (primary N) is 1. The fourth-order valence-electron chi connectivity index (χ4n) is 4.40. The quantitative estimate of drug-likeness (QED) is 0.610. The van der Waals surface area contributed by atoms with E-state index in [9.17, 15) is 13.2 Å². The predicted octanol–water partition coefficient (Wildman–Crippen LogP) is 2.68. The van der Waals surface area contributed by atoms with Gasteiger partial charge < -0.3 is 15.4 Å². The van der Waals surface area contributed by atoms with Crippen LogP contribution < -0.4 is 15.2 Å². The van der Waals surface area contributed by atoms with E-state index < -0.39 is 10.2 Å². The van der Waals surface area contributed by atoms with Gasteiger partial charge in [-0.2, -0.15) is 8.42 Å². The van der Waals surface area contributed by atoms with Crippen molar-refractivity contribution in [1.82, 2.24) is 9.88 Å². The number of piperidine rings is 1. The zero-order valence-corrected chi connectivity index (χ0v) is 18.6. The molecule has 2 aromatic carbocycles. The van der Waals surface area contributed by atoms with Crippen molar-refractivity contribution in [2.24, 2.45) is 10.1 Å². The Labute approximate surface area is 191 Å². The number of nitrogens with one attached hydrogen (secondary N) is 1. The van der Waals surface area contributed by atoms with Crippen LogP contribution in [-0.4, -0.2) is 49.2 Å². The molecular formula is C23H23N5O4S. The highest BCUT2D eigenvalue weighted by Crippen LogP contribution is 2.31. The lowest BCUT2D eigenvalue weighted by molar-refractivity contribution is 0.0530. The number of aromatic nitrogens is 1. The van der Waals surface area contributed by atoms with Crippen molar-refractivity contribution < 1.29 is 17.9 Å². The molecule has 0 spiro atoms. The van der Waals surface area contributed by atoms with Gasteiger partial charge >= 0.3 is 10.2 Å². The van der Waals surface area contributed by atoms with Gasteiger partial charge in [0.05, 0.1) is 28.4 Å². The van der Waals surface area contributed by atoms with Crippen LogP contribution in [0.2, 0.25) is 0 Å². The van der Waals surface area contributed by atoms with Crippen LogP contribution in [0.1, 0.15) is 35.2 Å². The van der Waals surface area contributed by atoms with E-state index in [0.29, 0.717) is 29.1 Å².